The van der Waals surface area contributed by atoms with E-state index in [9.17, 15) is 4.79 Å². The van der Waals surface area contributed by atoms with E-state index in [0.717, 1.165) is 11.4 Å². The zero-order chi connectivity index (χ0) is 13.8. The predicted octanol–water partition coefficient (Wildman–Crippen LogP) is 2.92. The third kappa shape index (κ3) is 3.44. The van der Waals surface area contributed by atoms with E-state index in [4.69, 9.17) is 4.74 Å². The van der Waals surface area contributed by atoms with E-state index in [-0.39, 0.29) is 12.4 Å². The van der Waals surface area contributed by atoms with Crippen LogP contribution in [-0.4, -0.2) is 15.7 Å². The fraction of sp³-hybridized carbons (Fsp3) is 0.333. The van der Waals surface area contributed by atoms with Gasteiger partial charge in [-0.05, 0) is 39.0 Å². The van der Waals surface area contributed by atoms with Gasteiger partial charge in [-0.3, -0.25) is 9.48 Å². The minimum absolute atomic E-state index is 0.190. The summed E-state index contributed by atoms with van der Waals surface area (Å²) in [5, 5.41) is 4.41. The van der Waals surface area contributed by atoms with Crippen LogP contribution in [0, 0.1) is 6.92 Å². The Morgan fingerprint density at radius 3 is 2.58 bits per heavy atom. The number of carbonyl (C=O) groups is 1. The lowest BCUT2D eigenvalue weighted by Gasteiger charge is -2.07. The molecule has 0 spiro atoms. The van der Waals surface area contributed by atoms with Crippen LogP contribution in [-0.2, 0) is 11.2 Å². The number of hydrogen-bond acceptors (Lipinski definition) is 3. The second-order valence-corrected chi connectivity index (χ2v) is 4.78. The smallest absolute Gasteiger partial charge is 0.317 e. The number of ether oxygens (including phenoxy) is 1. The van der Waals surface area contributed by atoms with Crippen molar-refractivity contribution < 1.29 is 9.53 Å². The molecule has 1 aromatic heterocycles. The average molecular weight is 258 g/mol. The Kier molecular flexibility index (Phi) is 4.00. The van der Waals surface area contributed by atoms with Crippen molar-refractivity contribution in [1.82, 2.24) is 9.78 Å². The number of hydrogen-bond donors (Lipinski definition) is 0. The van der Waals surface area contributed by atoms with Gasteiger partial charge in [0.1, 0.15) is 5.75 Å². The summed E-state index contributed by atoms with van der Waals surface area (Å²) in [6.07, 6.45) is 0.190. The zero-order valence-electron chi connectivity index (χ0n) is 11.5. The van der Waals surface area contributed by atoms with Crippen molar-refractivity contribution in [3.05, 3.63) is 47.8 Å². The number of rotatable bonds is 4. The third-order valence-corrected chi connectivity index (χ3v) is 2.76. The molecule has 0 aliphatic rings. The summed E-state index contributed by atoms with van der Waals surface area (Å²) in [5.74, 6) is 0.270. The minimum Gasteiger partial charge on any atom is -0.426 e. The number of benzene rings is 1. The molecule has 100 valence electrons. The van der Waals surface area contributed by atoms with E-state index in [2.05, 4.69) is 18.9 Å². The lowest BCUT2D eigenvalue weighted by molar-refractivity contribution is -0.133. The molecule has 2 aromatic rings. The molecule has 0 unspecified atom stereocenters. The minimum atomic E-state index is -0.292. The first-order valence-electron chi connectivity index (χ1n) is 6.37. The van der Waals surface area contributed by atoms with Gasteiger partial charge < -0.3 is 4.74 Å². The van der Waals surface area contributed by atoms with Gasteiger partial charge in [0, 0.05) is 11.7 Å². The van der Waals surface area contributed by atoms with Crippen LogP contribution in [0.1, 0.15) is 31.3 Å². The van der Waals surface area contributed by atoms with Gasteiger partial charge in [-0.1, -0.05) is 18.2 Å². The first-order valence-corrected chi connectivity index (χ1v) is 6.37. The number of esters is 1. The van der Waals surface area contributed by atoms with Crippen molar-refractivity contribution in [3.63, 3.8) is 0 Å². The van der Waals surface area contributed by atoms with Crippen LogP contribution in [0.5, 0.6) is 5.75 Å². The SMILES string of the molecule is Cc1cc(CC(=O)Oc2ccccc2)nn1C(C)C. The summed E-state index contributed by atoms with van der Waals surface area (Å²) >= 11 is 0. The van der Waals surface area contributed by atoms with Crippen molar-refractivity contribution in [2.45, 2.75) is 33.2 Å². The van der Waals surface area contributed by atoms with Gasteiger partial charge >= 0.3 is 5.97 Å². The number of aryl methyl sites for hydroxylation is 1. The van der Waals surface area contributed by atoms with Crippen LogP contribution >= 0.6 is 0 Å². The summed E-state index contributed by atoms with van der Waals surface area (Å²) in [7, 11) is 0. The highest BCUT2D eigenvalue weighted by atomic mass is 16.5. The van der Waals surface area contributed by atoms with Gasteiger partial charge in [0.2, 0.25) is 0 Å². The molecular weight excluding hydrogens is 240 g/mol. The van der Waals surface area contributed by atoms with Crippen molar-refractivity contribution in [2.75, 3.05) is 0 Å². The number of para-hydroxylation sites is 1. The van der Waals surface area contributed by atoms with E-state index in [1.54, 1.807) is 12.1 Å². The van der Waals surface area contributed by atoms with E-state index in [1.165, 1.54) is 0 Å². The Morgan fingerprint density at radius 2 is 2.00 bits per heavy atom. The molecule has 0 saturated carbocycles. The summed E-state index contributed by atoms with van der Waals surface area (Å²) in [6.45, 7) is 6.11. The largest absolute Gasteiger partial charge is 0.426 e. The lowest BCUT2D eigenvalue weighted by Crippen LogP contribution is -2.12. The predicted molar refractivity (Wildman–Crippen MR) is 73.1 cm³/mol. The van der Waals surface area contributed by atoms with Gasteiger partial charge in [-0.2, -0.15) is 5.10 Å². The average Bonchev–Trinajstić information content (AvgIpc) is 2.71. The van der Waals surface area contributed by atoms with Crippen molar-refractivity contribution in [3.8, 4) is 5.75 Å². The molecule has 0 aliphatic heterocycles. The Bertz CT molecular complexity index is 559. The van der Waals surface area contributed by atoms with Crippen molar-refractivity contribution >= 4 is 5.97 Å². The van der Waals surface area contributed by atoms with Crippen LogP contribution < -0.4 is 4.74 Å². The molecule has 0 amide bonds. The first kappa shape index (κ1) is 13.3. The molecule has 0 fully saturated rings. The van der Waals surface area contributed by atoms with Gasteiger partial charge in [-0.25, -0.2) is 0 Å². The second kappa shape index (κ2) is 5.69. The molecule has 19 heavy (non-hydrogen) atoms. The first-order chi connectivity index (χ1) is 9.06. The van der Waals surface area contributed by atoms with Crippen LogP contribution in [0.4, 0.5) is 0 Å². The standard InChI is InChI=1S/C15H18N2O2/c1-11(2)17-12(3)9-13(16-17)10-15(18)19-14-7-5-4-6-8-14/h4-9,11H,10H2,1-3H3. The Balaban J connectivity index is 2.01. The van der Waals surface area contributed by atoms with Crippen molar-refractivity contribution in [2.24, 2.45) is 0 Å². The van der Waals surface area contributed by atoms with Crippen molar-refractivity contribution in [1.29, 1.82) is 0 Å². The van der Waals surface area contributed by atoms with E-state index < -0.39 is 0 Å². The molecule has 4 nitrogen and oxygen atoms in total. The quantitative estimate of drug-likeness (QED) is 0.625. The highest BCUT2D eigenvalue weighted by Gasteiger charge is 2.12. The molecule has 4 heteroatoms. The zero-order valence-corrected chi connectivity index (χ0v) is 11.5. The van der Waals surface area contributed by atoms with Crippen LogP contribution in [0.25, 0.3) is 0 Å². The Hall–Kier alpha value is -2.10. The number of aromatic nitrogens is 2. The number of nitrogens with zero attached hydrogens (tertiary/aromatic N) is 2. The van der Waals surface area contributed by atoms with Gasteiger partial charge in [-0.15, -0.1) is 0 Å². The highest BCUT2D eigenvalue weighted by molar-refractivity contribution is 5.74. The lowest BCUT2D eigenvalue weighted by atomic mass is 10.3. The molecule has 0 N–H and O–H groups in total. The molecule has 2 rings (SSSR count). The topological polar surface area (TPSA) is 44.1 Å². The van der Waals surface area contributed by atoms with Gasteiger partial charge in [0.25, 0.3) is 0 Å². The van der Waals surface area contributed by atoms with Gasteiger partial charge in [0.05, 0.1) is 12.1 Å². The number of carbonyl (C=O) groups excluding carboxylic acids is 1. The Labute approximate surface area is 113 Å². The molecule has 0 saturated heterocycles. The molecule has 0 aliphatic carbocycles. The highest BCUT2D eigenvalue weighted by Crippen LogP contribution is 2.13. The molecule has 0 atom stereocenters. The molecular formula is C15H18N2O2. The summed E-state index contributed by atoms with van der Waals surface area (Å²) in [6, 6.07) is 11.3. The molecule has 1 aromatic carbocycles. The third-order valence-electron chi connectivity index (χ3n) is 2.76. The van der Waals surface area contributed by atoms with Crippen LogP contribution in [0.3, 0.4) is 0 Å². The normalized spacial score (nSPS) is 10.7. The summed E-state index contributed by atoms with van der Waals surface area (Å²) < 4.78 is 7.15. The monoisotopic (exact) mass is 258 g/mol. The summed E-state index contributed by atoms with van der Waals surface area (Å²) in [4.78, 5) is 11.8. The van der Waals surface area contributed by atoms with E-state index >= 15 is 0 Å². The molecule has 0 radical (unpaired) electrons. The fourth-order valence-electron chi connectivity index (χ4n) is 1.97. The summed E-state index contributed by atoms with van der Waals surface area (Å²) in [5.41, 5.74) is 1.80. The fourth-order valence-corrected chi connectivity index (χ4v) is 1.97. The van der Waals surface area contributed by atoms with Crippen LogP contribution in [0.15, 0.2) is 36.4 Å². The second-order valence-electron chi connectivity index (χ2n) is 4.78. The maximum Gasteiger partial charge on any atom is 0.317 e. The molecule has 0 bridgehead atoms. The maximum atomic E-state index is 11.8. The van der Waals surface area contributed by atoms with E-state index in [1.807, 2.05) is 35.9 Å². The van der Waals surface area contributed by atoms with E-state index in [0.29, 0.717) is 11.8 Å². The Morgan fingerprint density at radius 1 is 1.32 bits per heavy atom. The van der Waals surface area contributed by atoms with Gasteiger partial charge in [0.15, 0.2) is 0 Å². The van der Waals surface area contributed by atoms with Crippen LogP contribution in [0.2, 0.25) is 0 Å². The maximum absolute atomic E-state index is 11.8. The molecule has 1 heterocycles.